The molecule has 4 atom stereocenters. The normalized spacial score (nSPS) is 22.2. The number of benzene rings is 2. The third kappa shape index (κ3) is 4.40. The molecule has 0 unspecified atom stereocenters. The molecule has 5 rings (SSSR count). The van der Waals surface area contributed by atoms with Gasteiger partial charge in [-0.3, -0.25) is 4.57 Å². The molecule has 4 N–H and O–H groups in total. The summed E-state index contributed by atoms with van der Waals surface area (Å²) in [6.07, 6.45) is 0.874. The van der Waals surface area contributed by atoms with E-state index >= 15 is 0 Å². The number of hydrogen-bond acceptors (Lipinski definition) is 9. The van der Waals surface area contributed by atoms with Crippen LogP contribution in [0, 0.1) is 0 Å². The number of imidazole rings is 1. The van der Waals surface area contributed by atoms with E-state index in [1.165, 1.54) is 6.33 Å². The van der Waals surface area contributed by atoms with E-state index in [-0.39, 0.29) is 11.6 Å². The lowest BCUT2D eigenvalue weighted by molar-refractivity contribution is -0.0689. The fourth-order valence-electron chi connectivity index (χ4n) is 5.51. The summed E-state index contributed by atoms with van der Waals surface area (Å²) in [6, 6.07) is 20.9. The Balaban J connectivity index is 1.65. The molecule has 1 saturated heterocycles. The van der Waals surface area contributed by atoms with E-state index in [9.17, 15) is 0 Å². The van der Waals surface area contributed by atoms with Crippen LogP contribution in [0.15, 0.2) is 73.3 Å². The Hall–Kier alpha value is -3.19. The van der Waals surface area contributed by atoms with Gasteiger partial charge in [0.05, 0.1) is 12.9 Å². The first-order chi connectivity index (χ1) is 18.3. The van der Waals surface area contributed by atoms with E-state index in [0.29, 0.717) is 17.0 Å². The van der Waals surface area contributed by atoms with Gasteiger partial charge < -0.3 is 24.5 Å². The van der Waals surface area contributed by atoms with Crippen LogP contribution in [0.3, 0.4) is 0 Å². The van der Waals surface area contributed by atoms with Crippen LogP contribution in [0.2, 0.25) is 5.04 Å². The Morgan fingerprint density at radius 3 is 2.13 bits per heavy atom. The van der Waals surface area contributed by atoms with Gasteiger partial charge in [-0.25, -0.2) is 20.8 Å². The van der Waals surface area contributed by atoms with E-state index < -0.39 is 32.9 Å². The second kappa shape index (κ2) is 10.5. The average molecular weight is 535 g/mol. The van der Waals surface area contributed by atoms with Crippen molar-refractivity contribution < 1.29 is 18.7 Å². The Morgan fingerprint density at radius 1 is 0.947 bits per heavy atom. The summed E-state index contributed by atoms with van der Waals surface area (Å²) in [7, 11) is -1.30. The summed E-state index contributed by atoms with van der Waals surface area (Å²) in [5.41, 5.74) is 7.08. The molecule has 0 bridgehead atoms. The number of ether oxygens (including phenoxy) is 2. The number of rotatable bonds is 8. The summed E-state index contributed by atoms with van der Waals surface area (Å²) in [5.74, 6) is 5.88. The summed E-state index contributed by atoms with van der Waals surface area (Å²) in [6.45, 7) is 6.80. The molecule has 4 aromatic rings. The molecule has 0 amide bonds. The van der Waals surface area contributed by atoms with Gasteiger partial charge >= 0.3 is 0 Å². The molecule has 10 nitrogen and oxygen atoms in total. The Labute approximate surface area is 223 Å². The van der Waals surface area contributed by atoms with Crippen LogP contribution < -0.4 is 22.0 Å². The molecule has 0 aliphatic carbocycles. The van der Waals surface area contributed by atoms with Gasteiger partial charge in [0.2, 0.25) is 0 Å². The molecule has 200 valence electrons. The largest absolute Gasteiger partial charge is 0.399 e. The zero-order valence-corrected chi connectivity index (χ0v) is 23.0. The molecule has 0 spiro atoms. The highest BCUT2D eigenvalue weighted by molar-refractivity contribution is 6.99. The highest BCUT2D eigenvalue weighted by Gasteiger charge is 2.57. The van der Waals surface area contributed by atoms with Gasteiger partial charge in [0.25, 0.3) is 8.32 Å². The molecule has 1 aliphatic rings. The highest BCUT2D eigenvalue weighted by atomic mass is 28.4. The third-order valence-corrected chi connectivity index (χ3v) is 12.2. The van der Waals surface area contributed by atoms with Crippen molar-refractivity contribution in [2.75, 3.05) is 19.5 Å². The van der Waals surface area contributed by atoms with Gasteiger partial charge in [-0.15, -0.1) is 0 Å². The number of methoxy groups -OCH3 is 1. The maximum Gasteiger partial charge on any atom is 0.261 e. The fraction of sp³-hybridized carbons (Fsp3) is 0.370. The minimum atomic E-state index is -2.95. The first-order valence-corrected chi connectivity index (χ1v) is 14.4. The molecule has 0 saturated carbocycles. The lowest BCUT2D eigenvalue weighted by Crippen LogP contribution is -2.69. The summed E-state index contributed by atoms with van der Waals surface area (Å²) >= 11 is 0. The number of hydrogen-bond donors (Lipinski definition) is 2. The molecule has 2 aromatic heterocycles. The third-order valence-electron chi connectivity index (χ3n) is 7.21. The summed E-state index contributed by atoms with van der Waals surface area (Å²) < 4.78 is 21.9. The van der Waals surface area contributed by atoms with Crippen molar-refractivity contribution in [1.82, 2.24) is 19.5 Å². The first kappa shape index (κ1) is 26.4. The molecule has 11 heteroatoms. The lowest BCUT2D eigenvalue weighted by Gasteiger charge is -2.45. The van der Waals surface area contributed by atoms with Gasteiger partial charge in [-0.05, 0) is 15.4 Å². The minimum absolute atomic E-state index is 0.114. The molecular weight excluding hydrogens is 500 g/mol. The van der Waals surface area contributed by atoms with Crippen molar-refractivity contribution in [3.8, 4) is 0 Å². The van der Waals surface area contributed by atoms with Gasteiger partial charge in [-0.2, -0.15) is 0 Å². The minimum Gasteiger partial charge on any atom is -0.399 e. The predicted molar refractivity (Wildman–Crippen MR) is 147 cm³/mol. The number of anilines is 1. The van der Waals surface area contributed by atoms with E-state index in [0.717, 1.165) is 10.4 Å². The predicted octanol–water partition coefficient (Wildman–Crippen LogP) is 2.16. The maximum absolute atomic E-state index is 7.43. The van der Waals surface area contributed by atoms with Gasteiger partial charge in [0, 0.05) is 7.11 Å². The number of nitrogens with zero attached hydrogens (tertiary/aromatic N) is 4. The second-order valence-corrected chi connectivity index (χ2v) is 14.7. The Bertz CT molecular complexity index is 1330. The highest BCUT2D eigenvalue weighted by Crippen LogP contribution is 2.42. The van der Waals surface area contributed by atoms with Crippen LogP contribution in [0.5, 0.6) is 0 Å². The molecule has 3 heterocycles. The number of fused-ring (bicyclic) bond motifs is 1. The van der Waals surface area contributed by atoms with Crippen molar-refractivity contribution in [3.63, 3.8) is 0 Å². The molecule has 1 fully saturated rings. The quantitative estimate of drug-likeness (QED) is 0.258. The first-order valence-electron chi connectivity index (χ1n) is 12.5. The smallest absolute Gasteiger partial charge is 0.261 e. The maximum atomic E-state index is 7.43. The summed E-state index contributed by atoms with van der Waals surface area (Å²) in [5, 5.41) is 2.06. The standard InChI is InChI=1S/C27H34N6O4Si/c1-27(2,3)38(18-11-7-5-8-12-18,19-13-9-6-10-14-19)37-22-20(15-35-29)36-26(23(22)34-4)33-17-32-21-24(28)30-16-31-25(21)33/h5-14,16-17,20,22-23,26H,15,29H2,1-4H3,(H2,28,30,31)/t20-,22-,23-,26-/m1/s1. The van der Waals surface area contributed by atoms with Gasteiger partial charge in [0.15, 0.2) is 17.7 Å². The summed E-state index contributed by atoms with van der Waals surface area (Å²) in [4.78, 5) is 18.0. The van der Waals surface area contributed by atoms with Crippen LogP contribution in [0.4, 0.5) is 5.82 Å². The van der Waals surface area contributed by atoms with Crippen LogP contribution in [-0.4, -0.2) is 59.9 Å². The topological polar surface area (TPSA) is 133 Å². The van der Waals surface area contributed by atoms with Crippen molar-refractivity contribution in [1.29, 1.82) is 0 Å². The van der Waals surface area contributed by atoms with Crippen LogP contribution in [0.1, 0.15) is 27.0 Å². The zero-order chi connectivity index (χ0) is 26.9. The van der Waals surface area contributed by atoms with Crippen molar-refractivity contribution in [2.24, 2.45) is 5.90 Å². The fourth-order valence-corrected chi connectivity index (χ4v) is 10.2. The average Bonchev–Trinajstić information content (AvgIpc) is 3.49. The van der Waals surface area contributed by atoms with Crippen molar-refractivity contribution in [3.05, 3.63) is 73.3 Å². The molecule has 38 heavy (non-hydrogen) atoms. The zero-order valence-electron chi connectivity index (χ0n) is 22.0. The van der Waals surface area contributed by atoms with Gasteiger partial charge in [-0.1, -0.05) is 81.4 Å². The SMILES string of the molecule is CO[C@@H]1[C@H](O[Si](c2ccccc2)(c2ccccc2)C(C)(C)C)[C@@H](CON)O[C@H]1n1cnc2c(N)ncnc21. The van der Waals surface area contributed by atoms with Gasteiger partial charge in [0.1, 0.15) is 30.2 Å². The Kier molecular flexibility index (Phi) is 7.31. The van der Waals surface area contributed by atoms with E-state index in [1.807, 2.05) is 12.1 Å². The van der Waals surface area contributed by atoms with E-state index in [4.69, 9.17) is 30.4 Å². The van der Waals surface area contributed by atoms with Crippen molar-refractivity contribution >= 4 is 35.7 Å². The molecular formula is C27H34N6O4Si. The van der Waals surface area contributed by atoms with E-state index in [2.05, 4.69) is 84.3 Å². The second-order valence-electron chi connectivity index (χ2n) is 10.4. The monoisotopic (exact) mass is 534 g/mol. The number of nitrogens with two attached hydrogens (primary N) is 2. The molecule has 1 aliphatic heterocycles. The van der Waals surface area contributed by atoms with Crippen molar-refractivity contribution in [2.45, 2.75) is 50.3 Å². The number of aromatic nitrogens is 4. The van der Waals surface area contributed by atoms with Crippen LogP contribution >= 0.6 is 0 Å². The van der Waals surface area contributed by atoms with Crippen LogP contribution in [-0.2, 0) is 18.7 Å². The van der Waals surface area contributed by atoms with E-state index in [1.54, 1.807) is 18.0 Å². The van der Waals surface area contributed by atoms with Crippen LogP contribution in [0.25, 0.3) is 11.2 Å². The molecule has 2 aromatic carbocycles. The number of nitrogen functional groups attached to an aromatic ring is 1. The lowest BCUT2D eigenvalue weighted by atomic mass is 10.1. The Morgan fingerprint density at radius 2 is 1.58 bits per heavy atom. The molecule has 0 radical (unpaired) electrons.